The Morgan fingerprint density at radius 2 is 1.51 bits per heavy atom. The van der Waals surface area contributed by atoms with Crippen LogP contribution in [0.3, 0.4) is 0 Å². The molecule has 1 fully saturated rings. The first-order chi connectivity index (χ1) is 17.2. The summed E-state index contributed by atoms with van der Waals surface area (Å²) >= 11 is 0. The zero-order valence-electron chi connectivity index (χ0n) is 21.1. The number of benzene rings is 3. The molecular weight excluding hydrogens is 426 g/mol. The molecular formula is C32H39N3. The van der Waals surface area contributed by atoms with Crippen LogP contribution in [0.25, 0.3) is 11.1 Å². The molecule has 2 unspecified atom stereocenters. The van der Waals surface area contributed by atoms with E-state index < -0.39 is 0 Å². The molecule has 3 nitrogen and oxygen atoms in total. The monoisotopic (exact) mass is 465 g/mol. The third-order valence-corrected chi connectivity index (χ3v) is 7.80. The summed E-state index contributed by atoms with van der Waals surface area (Å²) in [6, 6.07) is 26.7. The number of fused-ring (bicyclic) bond motifs is 1. The molecule has 0 spiro atoms. The maximum atomic E-state index is 4.35. The maximum Gasteiger partial charge on any atom is 0.0959 e. The summed E-state index contributed by atoms with van der Waals surface area (Å²) in [5.74, 6) is 1.27. The molecule has 0 radical (unpaired) electrons. The lowest BCUT2D eigenvalue weighted by Gasteiger charge is -2.32. The van der Waals surface area contributed by atoms with Crippen LogP contribution in [0.4, 0.5) is 5.69 Å². The van der Waals surface area contributed by atoms with Gasteiger partial charge in [-0.15, -0.1) is 0 Å². The van der Waals surface area contributed by atoms with Crippen molar-refractivity contribution in [2.45, 2.75) is 57.4 Å². The third kappa shape index (κ3) is 5.97. The first kappa shape index (κ1) is 23.7. The van der Waals surface area contributed by atoms with Gasteiger partial charge >= 0.3 is 0 Å². The maximum absolute atomic E-state index is 4.35. The van der Waals surface area contributed by atoms with E-state index in [1.807, 2.05) is 0 Å². The Morgan fingerprint density at radius 3 is 2.26 bits per heavy atom. The van der Waals surface area contributed by atoms with Gasteiger partial charge in [0.25, 0.3) is 0 Å². The molecule has 3 heteroatoms. The quantitative estimate of drug-likeness (QED) is 0.357. The van der Waals surface area contributed by atoms with Crippen molar-refractivity contribution in [3.8, 4) is 11.1 Å². The lowest BCUT2D eigenvalue weighted by molar-refractivity contribution is 0.282. The van der Waals surface area contributed by atoms with Crippen LogP contribution in [0, 0.1) is 0 Å². The summed E-state index contributed by atoms with van der Waals surface area (Å²) in [4.78, 5) is 2.61. The van der Waals surface area contributed by atoms with Crippen LogP contribution in [0.5, 0.6) is 0 Å². The standard InChI is InChI=1S/C32H39N3/c1-24(29-15-14-27-12-6-7-13-30(27)22-29)32(23-35-20-8-9-21-35)34-25(2)33-31-18-16-28(17-19-31)26-10-4-3-5-11-26/h3-5,10-11,14-19,22,24,32-34H,2,6-9,12-13,20-21,23H2,1H3. The summed E-state index contributed by atoms with van der Waals surface area (Å²) < 4.78 is 0. The summed E-state index contributed by atoms with van der Waals surface area (Å²) in [6.07, 6.45) is 7.75. The molecule has 2 N–H and O–H groups in total. The Hall–Kier alpha value is -3.04. The predicted molar refractivity (Wildman–Crippen MR) is 149 cm³/mol. The number of hydrogen-bond acceptors (Lipinski definition) is 3. The van der Waals surface area contributed by atoms with Crippen molar-refractivity contribution < 1.29 is 0 Å². The van der Waals surface area contributed by atoms with Crippen molar-refractivity contribution in [2.24, 2.45) is 0 Å². The van der Waals surface area contributed by atoms with E-state index in [-0.39, 0.29) is 0 Å². The van der Waals surface area contributed by atoms with Crippen LogP contribution >= 0.6 is 0 Å². The number of anilines is 1. The molecule has 3 aromatic carbocycles. The van der Waals surface area contributed by atoms with E-state index in [9.17, 15) is 0 Å². The molecule has 35 heavy (non-hydrogen) atoms. The van der Waals surface area contributed by atoms with Crippen molar-refractivity contribution in [1.82, 2.24) is 10.2 Å². The Morgan fingerprint density at radius 1 is 0.829 bits per heavy atom. The fourth-order valence-corrected chi connectivity index (χ4v) is 5.65. The minimum absolute atomic E-state index is 0.304. The second-order valence-corrected chi connectivity index (χ2v) is 10.3. The summed E-state index contributed by atoms with van der Waals surface area (Å²) in [7, 11) is 0. The van der Waals surface area contributed by atoms with Crippen LogP contribution in [0.1, 0.15) is 55.2 Å². The summed E-state index contributed by atoms with van der Waals surface area (Å²) in [5.41, 5.74) is 8.09. The molecule has 0 aromatic heterocycles. The highest BCUT2D eigenvalue weighted by Gasteiger charge is 2.25. The van der Waals surface area contributed by atoms with E-state index in [1.54, 1.807) is 11.1 Å². The summed E-state index contributed by atoms with van der Waals surface area (Å²) in [5, 5.41) is 7.28. The molecule has 1 aliphatic heterocycles. The average molecular weight is 466 g/mol. The van der Waals surface area contributed by atoms with Crippen molar-refractivity contribution >= 4 is 5.69 Å². The van der Waals surface area contributed by atoms with E-state index in [0.717, 1.165) is 18.1 Å². The van der Waals surface area contributed by atoms with E-state index in [4.69, 9.17) is 0 Å². The predicted octanol–water partition coefficient (Wildman–Crippen LogP) is 6.97. The normalized spacial score (nSPS) is 17.4. The van der Waals surface area contributed by atoms with Gasteiger partial charge in [0, 0.05) is 24.2 Å². The molecule has 0 amide bonds. The second-order valence-electron chi connectivity index (χ2n) is 10.3. The van der Waals surface area contributed by atoms with Gasteiger partial charge in [0.1, 0.15) is 0 Å². The number of likely N-dealkylation sites (tertiary alicyclic amines) is 1. The highest BCUT2D eigenvalue weighted by atomic mass is 15.2. The molecule has 2 atom stereocenters. The Kier molecular flexibility index (Phi) is 7.54. The lowest BCUT2D eigenvalue weighted by Crippen LogP contribution is -2.44. The van der Waals surface area contributed by atoms with E-state index >= 15 is 0 Å². The van der Waals surface area contributed by atoms with Gasteiger partial charge in [-0.05, 0) is 91.6 Å². The van der Waals surface area contributed by atoms with Gasteiger partial charge in [-0.3, -0.25) is 0 Å². The molecule has 0 saturated carbocycles. The van der Waals surface area contributed by atoms with Gasteiger partial charge in [-0.2, -0.15) is 0 Å². The smallest absolute Gasteiger partial charge is 0.0959 e. The second kappa shape index (κ2) is 11.1. The zero-order valence-corrected chi connectivity index (χ0v) is 21.1. The molecule has 2 aliphatic rings. The Balaban J connectivity index is 1.27. The fraction of sp³-hybridized carbons (Fsp3) is 0.375. The van der Waals surface area contributed by atoms with Crippen LogP contribution in [0.15, 0.2) is 85.2 Å². The topological polar surface area (TPSA) is 27.3 Å². The first-order valence-corrected chi connectivity index (χ1v) is 13.4. The molecule has 0 bridgehead atoms. The largest absolute Gasteiger partial charge is 0.367 e. The van der Waals surface area contributed by atoms with Crippen molar-refractivity contribution in [1.29, 1.82) is 0 Å². The van der Waals surface area contributed by atoms with Crippen LogP contribution in [0.2, 0.25) is 0 Å². The Bertz CT molecular complexity index is 1110. The van der Waals surface area contributed by atoms with Gasteiger partial charge in [0.2, 0.25) is 0 Å². The molecule has 3 aromatic rings. The van der Waals surface area contributed by atoms with Gasteiger partial charge in [-0.1, -0.05) is 74.2 Å². The first-order valence-electron chi connectivity index (χ1n) is 13.4. The fourth-order valence-electron chi connectivity index (χ4n) is 5.65. The van der Waals surface area contributed by atoms with Crippen LogP contribution < -0.4 is 10.6 Å². The molecule has 1 saturated heterocycles. The molecule has 5 rings (SSSR count). The highest BCUT2D eigenvalue weighted by Crippen LogP contribution is 2.28. The molecule has 182 valence electrons. The minimum Gasteiger partial charge on any atom is -0.367 e. The molecule has 1 heterocycles. The van der Waals surface area contributed by atoms with Crippen molar-refractivity contribution in [3.05, 3.63) is 102 Å². The van der Waals surface area contributed by atoms with E-state index in [1.165, 1.54) is 68.3 Å². The van der Waals surface area contributed by atoms with E-state index in [2.05, 4.69) is 102 Å². The third-order valence-electron chi connectivity index (χ3n) is 7.80. The number of aryl methyl sites for hydroxylation is 2. The number of nitrogens with one attached hydrogen (secondary N) is 2. The number of nitrogens with zero attached hydrogens (tertiary/aromatic N) is 1. The van der Waals surface area contributed by atoms with Crippen LogP contribution in [-0.2, 0) is 12.8 Å². The average Bonchev–Trinajstić information content (AvgIpc) is 3.42. The van der Waals surface area contributed by atoms with Crippen molar-refractivity contribution in [2.75, 3.05) is 25.0 Å². The van der Waals surface area contributed by atoms with Gasteiger partial charge < -0.3 is 15.5 Å². The van der Waals surface area contributed by atoms with Gasteiger partial charge in [-0.25, -0.2) is 0 Å². The lowest BCUT2D eigenvalue weighted by atomic mass is 9.85. The number of rotatable bonds is 9. The van der Waals surface area contributed by atoms with Crippen molar-refractivity contribution in [3.63, 3.8) is 0 Å². The number of hydrogen-bond donors (Lipinski definition) is 2. The molecule has 1 aliphatic carbocycles. The minimum atomic E-state index is 0.304. The van der Waals surface area contributed by atoms with Gasteiger partial charge in [0.05, 0.1) is 5.82 Å². The highest BCUT2D eigenvalue weighted by molar-refractivity contribution is 5.66. The van der Waals surface area contributed by atoms with Crippen LogP contribution in [-0.4, -0.2) is 30.6 Å². The SMILES string of the molecule is C=C(Nc1ccc(-c2ccccc2)cc1)NC(CN1CCCC1)C(C)c1ccc2c(c1)CCCC2. The summed E-state index contributed by atoms with van der Waals surface area (Å²) in [6.45, 7) is 10.2. The van der Waals surface area contributed by atoms with E-state index in [0.29, 0.717) is 12.0 Å². The van der Waals surface area contributed by atoms with Gasteiger partial charge in [0.15, 0.2) is 0 Å². The zero-order chi connectivity index (χ0) is 24.0. The Labute approximate surface area is 211 Å².